The summed E-state index contributed by atoms with van der Waals surface area (Å²) < 4.78 is 0. The molecule has 0 spiro atoms. The smallest absolute Gasteiger partial charge is 0.237 e. The molecule has 0 aliphatic carbocycles. The summed E-state index contributed by atoms with van der Waals surface area (Å²) in [5, 5.41) is 5.54. The van der Waals surface area contributed by atoms with Crippen molar-refractivity contribution in [2.45, 2.75) is 30.5 Å². The monoisotopic (exact) mass is 433 g/mol. The van der Waals surface area contributed by atoms with Crippen LogP contribution >= 0.6 is 11.8 Å². The van der Waals surface area contributed by atoms with Crippen LogP contribution in [0.1, 0.15) is 19.4 Å². The van der Waals surface area contributed by atoms with Crippen LogP contribution in [0.3, 0.4) is 0 Å². The van der Waals surface area contributed by atoms with Crippen molar-refractivity contribution in [3.63, 3.8) is 0 Å². The molecule has 0 bridgehead atoms. The lowest BCUT2D eigenvalue weighted by Gasteiger charge is -2.23. The highest BCUT2D eigenvalue weighted by Gasteiger charge is 2.17. The number of nitrogens with zero attached hydrogens (tertiary/aromatic N) is 1. The zero-order valence-corrected chi connectivity index (χ0v) is 18.8. The van der Waals surface area contributed by atoms with Gasteiger partial charge in [0, 0.05) is 31.1 Å². The maximum absolute atomic E-state index is 12.9. The molecule has 6 heteroatoms. The minimum atomic E-state index is -0.279. The van der Waals surface area contributed by atoms with Gasteiger partial charge in [-0.1, -0.05) is 42.5 Å². The largest absolute Gasteiger partial charge is 0.369 e. The molecule has 0 radical (unpaired) electrons. The fraction of sp³-hybridized carbons (Fsp3) is 0.200. The number of anilines is 3. The third-order valence-corrected chi connectivity index (χ3v) is 5.80. The highest BCUT2D eigenvalue weighted by Crippen LogP contribution is 2.29. The van der Waals surface area contributed by atoms with E-state index in [-0.39, 0.29) is 17.1 Å². The van der Waals surface area contributed by atoms with Gasteiger partial charge in [0.2, 0.25) is 11.8 Å². The van der Waals surface area contributed by atoms with Crippen LogP contribution in [0.5, 0.6) is 0 Å². The molecule has 2 N–H and O–H groups in total. The van der Waals surface area contributed by atoms with Crippen molar-refractivity contribution >= 4 is 40.6 Å². The van der Waals surface area contributed by atoms with Crippen molar-refractivity contribution in [3.8, 4) is 0 Å². The summed E-state index contributed by atoms with van der Waals surface area (Å²) in [6, 6.07) is 25.6. The molecule has 3 rings (SSSR count). The molecule has 0 aromatic heterocycles. The van der Waals surface area contributed by atoms with E-state index in [4.69, 9.17) is 0 Å². The number of benzene rings is 3. The second kappa shape index (κ2) is 10.7. The van der Waals surface area contributed by atoms with Gasteiger partial charge < -0.3 is 15.5 Å². The zero-order valence-electron chi connectivity index (χ0n) is 18.0. The van der Waals surface area contributed by atoms with Crippen molar-refractivity contribution in [1.29, 1.82) is 0 Å². The second-order valence-electron chi connectivity index (χ2n) is 7.31. The van der Waals surface area contributed by atoms with Gasteiger partial charge in [0.1, 0.15) is 0 Å². The molecular formula is C25H27N3O2S. The third kappa shape index (κ3) is 6.62. The maximum atomic E-state index is 12.9. The molecule has 1 unspecified atom stereocenters. The van der Waals surface area contributed by atoms with Gasteiger partial charge in [-0.2, -0.15) is 0 Å². The van der Waals surface area contributed by atoms with Crippen molar-refractivity contribution in [1.82, 2.24) is 0 Å². The van der Waals surface area contributed by atoms with E-state index in [0.29, 0.717) is 0 Å². The third-order valence-electron chi connectivity index (χ3n) is 4.69. The number of thioether (sulfide) groups is 1. The topological polar surface area (TPSA) is 61.4 Å². The fourth-order valence-electron chi connectivity index (χ4n) is 3.17. The van der Waals surface area contributed by atoms with Crippen LogP contribution in [0.2, 0.25) is 0 Å². The first-order valence-electron chi connectivity index (χ1n) is 10.1. The van der Waals surface area contributed by atoms with E-state index < -0.39 is 0 Å². The number of nitrogens with one attached hydrogen (secondary N) is 2. The number of carbonyl (C=O) groups is 2. The number of rotatable bonds is 8. The van der Waals surface area contributed by atoms with Crippen LogP contribution in [0.15, 0.2) is 83.8 Å². The summed E-state index contributed by atoms with van der Waals surface area (Å²) in [4.78, 5) is 27.1. The summed E-state index contributed by atoms with van der Waals surface area (Å²) in [5.74, 6) is -0.166. The average Bonchev–Trinajstić information content (AvgIpc) is 2.75. The SMILES string of the molecule is CC(=O)Nc1ccc(SC(C)C(=O)Nc2ccccc2N(C)Cc2ccccc2)cc1. The van der Waals surface area contributed by atoms with Crippen molar-refractivity contribution in [2.24, 2.45) is 0 Å². The van der Waals surface area contributed by atoms with Gasteiger partial charge >= 0.3 is 0 Å². The minimum absolute atomic E-state index is 0.0588. The molecule has 3 aromatic carbocycles. The van der Waals surface area contributed by atoms with Crippen LogP contribution in [-0.4, -0.2) is 24.1 Å². The molecule has 0 fully saturated rings. The Morgan fingerprint density at radius 1 is 0.903 bits per heavy atom. The van der Waals surface area contributed by atoms with Crippen molar-refractivity contribution in [2.75, 3.05) is 22.6 Å². The molecule has 0 aliphatic heterocycles. The maximum Gasteiger partial charge on any atom is 0.237 e. The van der Waals surface area contributed by atoms with Crippen LogP contribution in [0, 0.1) is 0 Å². The lowest BCUT2D eigenvalue weighted by atomic mass is 10.2. The van der Waals surface area contributed by atoms with E-state index in [2.05, 4.69) is 27.7 Å². The second-order valence-corrected chi connectivity index (χ2v) is 8.73. The van der Waals surface area contributed by atoms with E-state index in [1.165, 1.54) is 24.2 Å². The van der Waals surface area contributed by atoms with Gasteiger partial charge in [0.05, 0.1) is 16.6 Å². The number of carbonyl (C=O) groups excluding carboxylic acids is 2. The molecule has 31 heavy (non-hydrogen) atoms. The van der Waals surface area contributed by atoms with Crippen LogP contribution in [0.4, 0.5) is 17.1 Å². The number of hydrogen-bond acceptors (Lipinski definition) is 4. The van der Waals surface area contributed by atoms with Gasteiger partial charge in [-0.15, -0.1) is 11.8 Å². The molecule has 0 aliphatic rings. The number of amides is 2. The Hall–Kier alpha value is -3.25. The quantitative estimate of drug-likeness (QED) is 0.467. The summed E-state index contributed by atoms with van der Waals surface area (Å²) in [6.07, 6.45) is 0. The van der Waals surface area contributed by atoms with E-state index in [1.54, 1.807) is 0 Å². The van der Waals surface area contributed by atoms with Crippen molar-refractivity contribution < 1.29 is 9.59 Å². The summed E-state index contributed by atoms with van der Waals surface area (Å²) in [7, 11) is 2.02. The van der Waals surface area contributed by atoms with E-state index in [1.807, 2.05) is 80.7 Å². The molecule has 1 atom stereocenters. The molecule has 0 saturated carbocycles. The lowest BCUT2D eigenvalue weighted by molar-refractivity contribution is -0.115. The minimum Gasteiger partial charge on any atom is -0.369 e. The molecule has 3 aromatic rings. The molecule has 5 nitrogen and oxygen atoms in total. The average molecular weight is 434 g/mol. The first-order valence-corrected chi connectivity index (χ1v) is 11.0. The summed E-state index contributed by atoms with van der Waals surface area (Å²) in [5.41, 5.74) is 3.71. The Morgan fingerprint density at radius 2 is 1.55 bits per heavy atom. The highest BCUT2D eigenvalue weighted by molar-refractivity contribution is 8.00. The Balaban J connectivity index is 1.64. The fourth-order valence-corrected chi connectivity index (χ4v) is 4.03. The molecular weight excluding hydrogens is 406 g/mol. The molecule has 0 heterocycles. The van der Waals surface area contributed by atoms with E-state index in [9.17, 15) is 9.59 Å². The number of hydrogen-bond donors (Lipinski definition) is 2. The van der Waals surface area contributed by atoms with E-state index >= 15 is 0 Å². The predicted molar refractivity (Wildman–Crippen MR) is 130 cm³/mol. The van der Waals surface area contributed by atoms with Gasteiger partial charge in [0.15, 0.2) is 0 Å². The van der Waals surface area contributed by atoms with Gasteiger partial charge in [-0.3, -0.25) is 9.59 Å². The van der Waals surface area contributed by atoms with Gasteiger partial charge in [-0.25, -0.2) is 0 Å². The zero-order chi connectivity index (χ0) is 22.2. The van der Waals surface area contributed by atoms with E-state index in [0.717, 1.165) is 28.5 Å². The van der Waals surface area contributed by atoms with Crippen LogP contribution in [0.25, 0.3) is 0 Å². The Labute approximate surface area is 187 Å². The lowest BCUT2D eigenvalue weighted by Crippen LogP contribution is -2.24. The van der Waals surface area contributed by atoms with Crippen molar-refractivity contribution in [3.05, 3.63) is 84.4 Å². The Kier molecular flexibility index (Phi) is 7.73. The standard InChI is InChI=1S/C25H27N3O2S/c1-18(31-22-15-13-21(14-16-22)26-19(2)29)25(30)27-23-11-7-8-12-24(23)28(3)17-20-9-5-4-6-10-20/h4-16,18H,17H2,1-3H3,(H,26,29)(H,27,30). The van der Waals surface area contributed by atoms with Gasteiger partial charge in [0.25, 0.3) is 0 Å². The predicted octanol–water partition coefficient (Wildman–Crippen LogP) is 5.40. The summed E-state index contributed by atoms with van der Waals surface area (Å²) >= 11 is 1.48. The number of para-hydroxylation sites is 2. The first-order chi connectivity index (χ1) is 14.9. The summed E-state index contributed by atoms with van der Waals surface area (Å²) in [6.45, 7) is 4.11. The molecule has 160 valence electrons. The first kappa shape index (κ1) is 22.4. The Morgan fingerprint density at radius 3 is 2.23 bits per heavy atom. The van der Waals surface area contributed by atoms with Crippen LogP contribution in [-0.2, 0) is 16.1 Å². The molecule has 2 amide bonds. The van der Waals surface area contributed by atoms with Crippen LogP contribution < -0.4 is 15.5 Å². The normalized spacial score (nSPS) is 11.5. The highest BCUT2D eigenvalue weighted by atomic mass is 32.2. The van der Waals surface area contributed by atoms with Gasteiger partial charge in [-0.05, 0) is 48.9 Å². The molecule has 0 saturated heterocycles. The Bertz CT molecular complexity index is 1020.